The second-order valence-corrected chi connectivity index (χ2v) is 10.5. The standard InChI is InChI=1S/C27H29N3O5S/c1-18(2)26(27(31)34-4)29-36(32,33)22-15-11-20(12-16-22)19-9-13-21(14-10-19)35-17-25-28-23-7-5-6-8-24(23)30(25)3/h5-16,18,26,29H,17H2,1-4H3. The molecule has 0 radical (unpaired) electrons. The molecule has 188 valence electrons. The molecule has 8 nitrogen and oxygen atoms in total. The number of nitrogens with one attached hydrogen (secondary N) is 1. The molecule has 36 heavy (non-hydrogen) atoms. The van der Waals surface area contributed by atoms with Gasteiger partial charge in [0.15, 0.2) is 0 Å². The molecule has 0 aliphatic carbocycles. The van der Waals surface area contributed by atoms with Crippen LogP contribution in [0.2, 0.25) is 0 Å². The number of nitrogens with zero attached hydrogens (tertiary/aromatic N) is 2. The Labute approximate surface area is 210 Å². The number of para-hydroxylation sites is 2. The van der Waals surface area contributed by atoms with Crippen molar-refractivity contribution in [2.24, 2.45) is 13.0 Å². The largest absolute Gasteiger partial charge is 0.486 e. The van der Waals surface area contributed by atoms with Crippen molar-refractivity contribution in [2.75, 3.05) is 7.11 Å². The fourth-order valence-electron chi connectivity index (χ4n) is 3.86. The van der Waals surface area contributed by atoms with Crippen LogP contribution in [0.25, 0.3) is 22.2 Å². The minimum atomic E-state index is -3.89. The van der Waals surface area contributed by atoms with Gasteiger partial charge in [0, 0.05) is 7.05 Å². The summed E-state index contributed by atoms with van der Waals surface area (Å²) in [6.45, 7) is 3.84. The molecular formula is C27H29N3O5S. The number of esters is 1. The molecule has 1 aromatic heterocycles. The number of rotatable bonds is 9. The average molecular weight is 508 g/mol. The van der Waals surface area contributed by atoms with Gasteiger partial charge in [-0.05, 0) is 53.4 Å². The predicted octanol–water partition coefficient (Wildman–Crippen LogP) is 4.30. The summed E-state index contributed by atoms with van der Waals surface area (Å²) in [5.41, 5.74) is 3.75. The van der Waals surface area contributed by atoms with Gasteiger partial charge in [-0.1, -0.05) is 50.2 Å². The average Bonchev–Trinajstić information content (AvgIpc) is 3.21. The number of ether oxygens (including phenoxy) is 2. The molecule has 0 saturated heterocycles. The summed E-state index contributed by atoms with van der Waals surface area (Å²) in [6.07, 6.45) is 0. The molecule has 4 aromatic rings. The maximum absolute atomic E-state index is 12.8. The predicted molar refractivity (Wildman–Crippen MR) is 138 cm³/mol. The number of hydrogen-bond acceptors (Lipinski definition) is 6. The highest BCUT2D eigenvalue weighted by Gasteiger charge is 2.29. The van der Waals surface area contributed by atoms with Crippen LogP contribution in [-0.2, 0) is 33.2 Å². The molecule has 3 aromatic carbocycles. The lowest BCUT2D eigenvalue weighted by Gasteiger charge is -2.19. The number of carbonyl (C=O) groups excluding carboxylic acids is 1. The molecule has 0 fully saturated rings. The van der Waals surface area contributed by atoms with Crippen LogP contribution in [0, 0.1) is 5.92 Å². The topological polar surface area (TPSA) is 99.5 Å². The Kier molecular flexibility index (Phi) is 7.42. The molecule has 9 heteroatoms. The molecule has 0 aliphatic heterocycles. The first-order valence-electron chi connectivity index (χ1n) is 11.5. The van der Waals surface area contributed by atoms with Gasteiger partial charge in [-0.2, -0.15) is 4.72 Å². The number of imidazole rings is 1. The lowest BCUT2D eigenvalue weighted by atomic mass is 10.1. The summed E-state index contributed by atoms with van der Waals surface area (Å²) in [5.74, 6) is 0.654. The monoisotopic (exact) mass is 507 g/mol. The maximum Gasteiger partial charge on any atom is 0.324 e. The summed E-state index contributed by atoms with van der Waals surface area (Å²) >= 11 is 0. The van der Waals surface area contributed by atoms with E-state index in [0.717, 1.165) is 28.0 Å². The molecule has 0 amide bonds. The van der Waals surface area contributed by atoms with E-state index in [2.05, 4.69) is 9.71 Å². The van der Waals surface area contributed by atoms with Crippen molar-refractivity contribution in [1.82, 2.24) is 14.3 Å². The van der Waals surface area contributed by atoms with E-state index in [0.29, 0.717) is 12.4 Å². The molecule has 1 unspecified atom stereocenters. The number of aromatic nitrogens is 2. The minimum absolute atomic E-state index is 0.0724. The van der Waals surface area contributed by atoms with Crippen LogP contribution in [-0.4, -0.2) is 37.1 Å². The van der Waals surface area contributed by atoms with Crippen LogP contribution in [0.1, 0.15) is 19.7 Å². The molecule has 0 saturated carbocycles. The first-order valence-corrected chi connectivity index (χ1v) is 13.0. The number of methoxy groups -OCH3 is 1. The van der Waals surface area contributed by atoms with Crippen LogP contribution in [0.4, 0.5) is 0 Å². The SMILES string of the molecule is COC(=O)C(NS(=O)(=O)c1ccc(-c2ccc(OCc3nc4ccccc4n3C)cc2)cc1)C(C)C. The fraction of sp³-hybridized carbons (Fsp3) is 0.259. The van der Waals surface area contributed by atoms with Crippen molar-refractivity contribution in [3.05, 3.63) is 78.6 Å². The highest BCUT2D eigenvalue weighted by atomic mass is 32.2. The van der Waals surface area contributed by atoms with Crippen LogP contribution in [0.3, 0.4) is 0 Å². The maximum atomic E-state index is 12.8. The van der Waals surface area contributed by atoms with Gasteiger partial charge in [-0.3, -0.25) is 4.79 Å². The van der Waals surface area contributed by atoms with E-state index in [-0.39, 0.29) is 10.8 Å². The molecule has 4 rings (SSSR count). The number of fused-ring (bicyclic) bond motifs is 1. The van der Waals surface area contributed by atoms with Gasteiger partial charge in [0.2, 0.25) is 10.0 Å². The third-order valence-electron chi connectivity index (χ3n) is 6.00. The molecule has 0 bridgehead atoms. The van der Waals surface area contributed by atoms with Crippen LogP contribution in [0.5, 0.6) is 5.75 Å². The van der Waals surface area contributed by atoms with E-state index < -0.39 is 22.0 Å². The van der Waals surface area contributed by atoms with Gasteiger partial charge in [-0.15, -0.1) is 0 Å². The molecular weight excluding hydrogens is 478 g/mol. The summed E-state index contributed by atoms with van der Waals surface area (Å²) in [6, 6.07) is 21.0. The van der Waals surface area contributed by atoms with E-state index in [1.54, 1.807) is 26.0 Å². The second-order valence-electron chi connectivity index (χ2n) is 8.78. The quantitative estimate of drug-likeness (QED) is 0.339. The van der Waals surface area contributed by atoms with E-state index in [4.69, 9.17) is 9.47 Å². The van der Waals surface area contributed by atoms with Crippen molar-refractivity contribution in [2.45, 2.75) is 31.4 Å². The Balaban J connectivity index is 1.43. The smallest absolute Gasteiger partial charge is 0.324 e. The number of benzene rings is 3. The number of aryl methyl sites for hydroxylation is 1. The number of carbonyl (C=O) groups is 1. The Bertz CT molecular complexity index is 1460. The summed E-state index contributed by atoms with van der Waals surface area (Å²) in [5, 5.41) is 0. The lowest BCUT2D eigenvalue weighted by Crippen LogP contribution is -2.44. The zero-order chi connectivity index (χ0) is 25.9. The summed E-state index contributed by atoms with van der Waals surface area (Å²) in [4.78, 5) is 16.6. The lowest BCUT2D eigenvalue weighted by molar-refractivity contribution is -0.143. The number of sulfonamides is 1. The van der Waals surface area contributed by atoms with Crippen molar-refractivity contribution in [3.8, 4) is 16.9 Å². The molecule has 1 N–H and O–H groups in total. The summed E-state index contributed by atoms with van der Waals surface area (Å²) < 4.78 is 40.7. The molecule has 1 heterocycles. The van der Waals surface area contributed by atoms with Gasteiger partial charge in [0.05, 0.1) is 23.0 Å². The van der Waals surface area contributed by atoms with E-state index in [1.807, 2.05) is 60.1 Å². The third kappa shape index (κ3) is 5.42. The highest BCUT2D eigenvalue weighted by Crippen LogP contribution is 2.25. The Morgan fingerprint density at radius 3 is 2.17 bits per heavy atom. The van der Waals surface area contributed by atoms with Crippen molar-refractivity contribution >= 4 is 27.0 Å². The second kappa shape index (κ2) is 10.5. The molecule has 0 spiro atoms. The van der Waals surface area contributed by atoms with Crippen molar-refractivity contribution in [3.63, 3.8) is 0 Å². The van der Waals surface area contributed by atoms with Crippen LogP contribution >= 0.6 is 0 Å². The van der Waals surface area contributed by atoms with Gasteiger partial charge in [0.1, 0.15) is 24.2 Å². The summed E-state index contributed by atoms with van der Waals surface area (Å²) in [7, 11) is -0.690. The van der Waals surface area contributed by atoms with Crippen LogP contribution < -0.4 is 9.46 Å². The Morgan fingerprint density at radius 1 is 0.972 bits per heavy atom. The van der Waals surface area contributed by atoms with Crippen molar-refractivity contribution < 1.29 is 22.7 Å². The minimum Gasteiger partial charge on any atom is -0.486 e. The first kappa shape index (κ1) is 25.4. The van der Waals surface area contributed by atoms with Crippen LogP contribution in [0.15, 0.2) is 77.7 Å². The zero-order valence-corrected chi connectivity index (χ0v) is 21.5. The van der Waals surface area contributed by atoms with E-state index >= 15 is 0 Å². The van der Waals surface area contributed by atoms with Gasteiger partial charge in [0.25, 0.3) is 0 Å². The van der Waals surface area contributed by atoms with Gasteiger partial charge < -0.3 is 14.0 Å². The molecule has 0 aliphatic rings. The van der Waals surface area contributed by atoms with E-state index in [9.17, 15) is 13.2 Å². The fourth-order valence-corrected chi connectivity index (χ4v) is 5.19. The zero-order valence-electron chi connectivity index (χ0n) is 20.6. The first-order chi connectivity index (χ1) is 17.2. The normalized spacial score (nSPS) is 12.6. The van der Waals surface area contributed by atoms with Crippen molar-refractivity contribution in [1.29, 1.82) is 0 Å². The third-order valence-corrected chi connectivity index (χ3v) is 7.46. The Hall–Kier alpha value is -3.69. The number of hydrogen-bond donors (Lipinski definition) is 1. The Morgan fingerprint density at radius 2 is 1.58 bits per heavy atom. The molecule has 1 atom stereocenters. The van der Waals surface area contributed by atoms with Gasteiger partial charge >= 0.3 is 5.97 Å². The highest BCUT2D eigenvalue weighted by molar-refractivity contribution is 7.89. The van der Waals surface area contributed by atoms with Gasteiger partial charge in [-0.25, -0.2) is 13.4 Å². The van der Waals surface area contributed by atoms with E-state index in [1.165, 1.54) is 19.2 Å².